The average Bonchev–Trinajstić information content (AvgIpc) is 2.74. The highest BCUT2D eigenvalue weighted by molar-refractivity contribution is 5.28. The minimum Gasteiger partial charge on any atom is -0.336 e. The average molecular weight is 229 g/mol. The van der Waals surface area contributed by atoms with E-state index in [1.54, 1.807) is 0 Å². The second-order valence-electron chi connectivity index (χ2n) is 4.30. The lowest BCUT2D eigenvalue weighted by atomic mass is 10.0. The van der Waals surface area contributed by atoms with Crippen LogP contribution in [-0.2, 0) is 7.05 Å². The van der Waals surface area contributed by atoms with Crippen molar-refractivity contribution in [1.82, 2.24) is 14.9 Å². The number of nitrogens with zero attached hydrogens (tertiary/aromatic N) is 2. The van der Waals surface area contributed by atoms with Gasteiger partial charge in [0.05, 0.1) is 6.04 Å². The van der Waals surface area contributed by atoms with E-state index >= 15 is 0 Å². The van der Waals surface area contributed by atoms with Crippen LogP contribution in [0.3, 0.4) is 0 Å². The van der Waals surface area contributed by atoms with Crippen LogP contribution in [0.1, 0.15) is 29.9 Å². The summed E-state index contributed by atoms with van der Waals surface area (Å²) in [4.78, 5) is 4.43. The smallest absolute Gasteiger partial charge is 0.130 e. The highest BCUT2D eigenvalue weighted by atomic mass is 15.1. The molecule has 0 spiro atoms. The first kappa shape index (κ1) is 11.9. The summed E-state index contributed by atoms with van der Waals surface area (Å²) in [5.41, 5.74) is 2.54. The normalized spacial score (nSPS) is 12.6. The van der Waals surface area contributed by atoms with E-state index in [4.69, 9.17) is 0 Å². The van der Waals surface area contributed by atoms with Crippen LogP contribution in [0.5, 0.6) is 0 Å². The summed E-state index contributed by atoms with van der Waals surface area (Å²) >= 11 is 0. The fourth-order valence-electron chi connectivity index (χ4n) is 1.98. The zero-order valence-corrected chi connectivity index (χ0v) is 10.6. The zero-order chi connectivity index (χ0) is 12.3. The molecule has 1 aromatic carbocycles. The molecule has 0 radical (unpaired) electrons. The molecule has 1 unspecified atom stereocenters. The van der Waals surface area contributed by atoms with E-state index in [1.165, 1.54) is 11.1 Å². The molecule has 1 atom stereocenters. The number of hydrogen-bond donors (Lipinski definition) is 1. The Morgan fingerprint density at radius 3 is 2.53 bits per heavy atom. The van der Waals surface area contributed by atoms with Gasteiger partial charge in [-0.1, -0.05) is 36.8 Å². The SMILES string of the molecule is CCNC(c1ccc(C)cc1)c1nccn1C. The molecule has 1 N–H and O–H groups in total. The third kappa shape index (κ3) is 2.56. The van der Waals surface area contributed by atoms with Gasteiger partial charge in [0.25, 0.3) is 0 Å². The molecule has 3 heteroatoms. The van der Waals surface area contributed by atoms with Crippen molar-refractivity contribution < 1.29 is 0 Å². The van der Waals surface area contributed by atoms with Crippen molar-refractivity contribution >= 4 is 0 Å². The summed E-state index contributed by atoms with van der Waals surface area (Å²) in [7, 11) is 2.03. The Kier molecular flexibility index (Phi) is 3.59. The lowest BCUT2D eigenvalue weighted by Gasteiger charge is -2.18. The minimum absolute atomic E-state index is 0.167. The van der Waals surface area contributed by atoms with E-state index in [9.17, 15) is 0 Å². The lowest BCUT2D eigenvalue weighted by molar-refractivity contribution is 0.577. The highest BCUT2D eigenvalue weighted by Gasteiger charge is 2.16. The molecule has 0 amide bonds. The predicted octanol–water partition coefficient (Wildman–Crippen LogP) is 2.43. The third-order valence-electron chi connectivity index (χ3n) is 2.94. The van der Waals surface area contributed by atoms with Crippen LogP contribution in [0.4, 0.5) is 0 Å². The molecule has 0 aliphatic carbocycles. The molecule has 90 valence electrons. The molecule has 2 aromatic rings. The Morgan fingerprint density at radius 2 is 2.00 bits per heavy atom. The number of aryl methyl sites for hydroxylation is 2. The number of hydrogen-bond acceptors (Lipinski definition) is 2. The van der Waals surface area contributed by atoms with Gasteiger partial charge in [-0.25, -0.2) is 4.98 Å². The molecule has 17 heavy (non-hydrogen) atoms. The van der Waals surface area contributed by atoms with Gasteiger partial charge < -0.3 is 9.88 Å². The van der Waals surface area contributed by atoms with Crippen molar-refractivity contribution in [2.24, 2.45) is 7.05 Å². The molecule has 0 saturated heterocycles. The fraction of sp³-hybridized carbons (Fsp3) is 0.357. The van der Waals surface area contributed by atoms with Crippen LogP contribution in [-0.4, -0.2) is 16.1 Å². The maximum absolute atomic E-state index is 4.43. The van der Waals surface area contributed by atoms with Gasteiger partial charge in [-0.15, -0.1) is 0 Å². The van der Waals surface area contributed by atoms with Crippen LogP contribution >= 0.6 is 0 Å². The number of nitrogens with one attached hydrogen (secondary N) is 1. The molecular formula is C14H19N3. The van der Waals surface area contributed by atoms with Gasteiger partial charge in [0.15, 0.2) is 0 Å². The molecule has 1 heterocycles. The molecule has 0 aliphatic rings. The van der Waals surface area contributed by atoms with Gasteiger partial charge in [-0.3, -0.25) is 0 Å². The third-order valence-corrected chi connectivity index (χ3v) is 2.94. The summed E-state index contributed by atoms with van der Waals surface area (Å²) in [5.74, 6) is 1.05. The molecule has 0 fully saturated rings. The molecule has 0 aliphatic heterocycles. The van der Waals surface area contributed by atoms with Crippen LogP contribution < -0.4 is 5.32 Å². The van der Waals surface area contributed by atoms with E-state index in [2.05, 4.69) is 53.0 Å². The van der Waals surface area contributed by atoms with Gasteiger partial charge in [0, 0.05) is 19.4 Å². The second kappa shape index (κ2) is 5.15. The first-order chi connectivity index (χ1) is 8.22. The minimum atomic E-state index is 0.167. The van der Waals surface area contributed by atoms with Gasteiger partial charge in [-0.2, -0.15) is 0 Å². The maximum atomic E-state index is 4.43. The van der Waals surface area contributed by atoms with Crippen LogP contribution in [0.25, 0.3) is 0 Å². The van der Waals surface area contributed by atoms with E-state index in [0.717, 1.165) is 12.4 Å². The maximum Gasteiger partial charge on any atom is 0.130 e. The topological polar surface area (TPSA) is 29.9 Å². The number of benzene rings is 1. The Balaban J connectivity index is 2.35. The first-order valence-electron chi connectivity index (χ1n) is 5.99. The van der Waals surface area contributed by atoms with E-state index < -0.39 is 0 Å². The van der Waals surface area contributed by atoms with Crippen molar-refractivity contribution in [3.63, 3.8) is 0 Å². The Bertz CT molecular complexity index is 470. The van der Waals surface area contributed by atoms with Gasteiger partial charge in [-0.05, 0) is 19.0 Å². The quantitative estimate of drug-likeness (QED) is 0.872. The van der Waals surface area contributed by atoms with Gasteiger partial charge >= 0.3 is 0 Å². The van der Waals surface area contributed by atoms with Crippen LogP contribution in [0.2, 0.25) is 0 Å². The number of imidazole rings is 1. The Morgan fingerprint density at radius 1 is 1.29 bits per heavy atom. The van der Waals surface area contributed by atoms with Crippen molar-refractivity contribution in [3.05, 3.63) is 53.6 Å². The van der Waals surface area contributed by atoms with E-state index in [1.807, 2.05) is 19.4 Å². The van der Waals surface area contributed by atoms with Crippen LogP contribution in [0, 0.1) is 6.92 Å². The molecule has 0 saturated carbocycles. The van der Waals surface area contributed by atoms with Crippen molar-refractivity contribution in [3.8, 4) is 0 Å². The standard InChI is InChI=1S/C14H19N3/c1-4-15-13(14-16-9-10-17(14)3)12-7-5-11(2)6-8-12/h5-10,13,15H,4H2,1-3H3. The van der Waals surface area contributed by atoms with Crippen molar-refractivity contribution in [1.29, 1.82) is 0 Å². The predicted molar refractivity (Wildman–Crippen MR) is 69.9 cm³/mol. The van der Waals surface area contributed by atoms with E-state index in [-0.39, 0.29) is 6.04 Å². The van der Waals surface area contributed by atoms with Crippen LogP contribution in [0.15, 0.2) is 36.7 Å². The van der Waals surface area contributed by atoms with Crippen molar-refractivity contribution in [2.75, 3.05) is 6.54 Å². The molecule has 1 aromatic heterocycles. The molecular weight excluding hydrogens is 210 g/mol. The monoisotopic (exact) mass is 229 g/mol. The molecule has 0 bridgehead atoms. The number of aromatic nitrogens is 2. The fourth-order valence-corrected chi connectivity index (χ4v) is 1.98. The molecule has 3 nitrogen and oxygen atoms in total. The number of rotatable bonds is 4. The summed E-state index contributed by atoms with van der Waals surface area (Å²) in [6.07, 6.45) is 3.82. The van der Waals surface area contributed by atoms with Gasteiger partial charge in [0.1, 0.15) is 5.82 Å². The van der Waals surface area contributed by atoms with Crippen molar-refractivity contribution in [2.45, 2.75) is 19.9 Å². The second-order valence-corrected chi connectivity index (χ2v) is 4.30. The summed E-state index contributed by atoms with van der Waals surface area (Å²) in [6.45, 7) is 5.14. The first-order valence-corrected chi connectivity index (χ1v) is 5.99. The highest BCUT2D eigenvalue weighted by Crippen LogP contribution is 2.20. The zero-order valence-electron chi connectivity index (χ0n) is 10.6. The summed E-state index contributed by atoms with van der Waals surface area (Å²) in [6, 6.07) is 8.78. The van der Waals surface area contributed by atoms with Gasteiger partial charge in [0.2, 0.25) is 0 Å². The Hall–Kier alpha value is -1.61. The summed E-state index contributed by atoms with van der Waals surface area (Å²) < 4.78 is 2.06. The molecule has 2 rings (SSSR count). The van der Waals surface area contributed by atoms with E-state index in [0.29, 0.717) is 0 Å². The summed E-state index contributed by atoms with van der Waals surface area (Å²) in [5, 5.41) is 3.48. The largest absolute Gasteiger partial charge is 0.336 e. The Labute approximate surface area is 103 Å². The lowest BCUT2D eigenvalue weighted by Crippen LogP contribution is -2.24.